The van der Waals surface area contributed by atoms with E-state index in [1.165, 1.54) is 22.7 Å². The van der Waals surface area contributed by atoms with E-state index in [1.807, 2.05) is 25.2 Å². The summed E-state index contributed by atoms with van der Waals surface area (Å²) >= 11 is 8.64. The van der Waals surface area contributed by atoms with Crippen molar-refractivity contribution < 1.29 is 8.42 Å². The van der Waals surface area contributed by atoms with E-state index in [0.717, 1.165) is 27.1 Å². The molecule has 0 saturated heterocycles. The molecule has 116 valence electrons. The van der Waals surface area contributed by atoms with Crippen molar-refractivity contribution in [2.75, 3.05) is 20.1 Å². The summed E-state index contributed by atoms with van der Waals surface area (Å²) in [5.41, 5.74) is 0. The molecule has 2 heterocycles. The molecule has 0 atom stereocenters. The van der Waals surface area contributed by atoms with E-state index in [9.17, 15) is 8.42 Å². The van der Waals surface area contributed by atoms with Crippen LogP contribution in [0.1, 0.15) is 9.75 Å². The van der Waals surface area contributed by atoms with Crippen LogP contribution in [-0.2, 0) is 22.9 Å². The van der Waals surface area contributed by atoms with Gasteiger partial charge in [-0.25, -0.2) is 13.1 Å². The highest BCUT2D eigenvalue weighted by Crippen LogP contribution is 2.23. The quantitative estimate of drug-likeness (QED) is 0.757. The maximum Gasteiger partial charge on any atom is 0.250 e. The molecule has 0 unspecified atom stereocenters. The number of halogens is 1. The average molecular weight is 365 g/mol. The van der Waals surface area contributed by atoms with Crippen LogP contribution in [-0.4, -0.2) is 28.6 Å². The predicted octanol–water partition coefficient (Wildman–Crippen LogP) is 2.75. The number of rotatable bonds is 8. The first-order valence-corrected chi connectivity index (χ1v) is 9.98. The summed E-state index contributed by atoms with van der Waals surface area (Å²) in [4.78, 5) is 2.14. The van der Waals surface area contributed by atoms with Gasteiger partial charge in [0, 0.05) is 16.3 Å². The highest BCUT2D eigenvalue weighted by molar-refractivity contribution is 7.91. The zero-order valence-corrected chi connectivity index (χ0v) is 14.8. The van der Waals surface area contributed by atoms with E-state index in [4.69, 9.17) is 11.6 Å². The first-order valence-electron chi connectivity index (χ1n) is 6.48. The number of nitrogens with one attached hydrogen (secondary N) is 2. The molecule has 2 N–H and O–H groups in total. The first-order chi connectivity index (χ1) is 10.0. The predicted molar refractivity (Wildman–Crippen MR) is 90.2 cm³/mol. The molecule has 0 aliphatic rings. The van der Waals surface area contributed by atoms with Crippen molar-refractivity contribution >= 4 is 44.3 Å². The Morgan fingerprint density at radius 2 is 1.71 bits per heavy atom. The summed E-state index contributed by atoms with van der Waals surface area (Å²) in [6.45, 7) is 1.22. The molecule has 0 aliphatic heterocycles. The molecule has 0 saturated carbocycles. The van der Waals surface area contributed by atoms with Gasteiger partial charge < -0.3 is 5.32 Å². The largest absolute Gasteiger partial charge is 0.319 e. The number of sulfonamides is 1. The van der Waals surface area contributed by atoms with Crippen molar-refractivity contribution in [1.29, 1.82) is 0 Å². The number of hydrogen-bond donors (Lipinski definition) is 2. The molecule has 8 heteroatoms. The second-order valence-corrected chi connectivity index (χ2v) is 9.39. The van der Waals surface area contributed by atoms with Crippen LogP contribution in [0.25, 0.3) is 0 Å². The molecule has 2 aromatic rings. The fraction of sp³-hybridized carbons (Fsp3) is 0.385. The van der Waals surface area contributed by atoms with Crippen LogP contribution in [0.2, 0.25) is 4.34 Å². The molecule has 0 amide bonds. The molecule has 0 radical (unpaired) electrons. The average Bonchev–Trinajstić information content (AvgIpc) is 3.06. The number of thiophene rings is 2. The van der Waals surface area contributed by atoms with Crippen molar-refractivity contribution in [3.8, 4) is 0 Å². The van der Waals surface area contributed by atoms with Crippen molar-refractivity contribution in [3.05, 3.63) is 38.4 Å². The summed E-state index contributed by atoms with van der Waals surface area (Å²) < 4.78 is 28.1. The van der Waals surface area contributed by atoms with Gasteiger partial charge in [-0.3, -0.25) is 0 Å². The minimum absolute atomic E-state index is 0.373. The zero-order valence-electron chi connectivity index (χ0n) is 11.6. The smallest absolute Gasteiger partial charge is 0.250 e. The SMILES string of the molecule is CNCCc1ccc(S(=O)(=O)NCCc2ccc(Cl)s2)s1. The highest BCUT2D eigenvalue weighted by Gasteiger charge is 2.16. The molecule has 2 aromatic heterocycles. The van der Waals surface area contributed by atoms with E-state index in [0.29, 0.717) is 17.2 Å². The van der Waals surface area contributed by atoms with Gasteiger partial charge in [-0.15, -0.1) is 22.7 Å². The van der Waals surface area contributed by atoms with E-state index < -0.39 is 10.0 Å². The Balaban J connectivity index is 1.90. The van der Waals surface area contributed by atoms with Gasteiger partial charge in [0.25, 0.3) is 0 Å². The van der Waals surface area contributed by atoms with E-state index in [-0.39, 0.29) is 0 Å². The summed E-state index contributed by atoms with van der Waals surface area (Å²) in [7, 11) is -1.53. The molecular weight excluding hydrogens is 348 g/mol. The minimum atomic E-state index is -3.41. The van der Waals surface area contributed by atoms with Gasteiger partial charge in [-0.05, 0) is 50.7 Å². The molecule has 0 bridgehead atoms. The monoisotopic (exact) mass is 364 g/mol. The topological polar surface area (TPSA) is 58.2 Å². The first kappa shape index (κ1) is 16.9. The lowest BCUT2D eigenvalue weighted by atomic mass is 10.3. The molecule has 0 spiro atoms. The van der Waals surface area contributed by atoms with Crippen LogP contribution < -0.4 is 10.0 Å². The Hall–Kier alpha value is -0.440. The van der Waals surface area contributed by atoms with Crippen molar-refractivity contribution in [3.63, 3.8) is 0 Å². The Morgan fingerprint density at radius 1 is 1.05 bits per heavy atom. The van der Waals surface area contributed by atoms with Gasteiger partial charge in [0.15, 0.2) is 0 Å². The fourth-order valence-electron chi connectivity index (χ4n) is 1.75. The maximum atomic E-state index is 12.2. The Labute approximate surface area is 138 Å². The minimum Gasteiger partial charge on any atom is -0.319 e. The lowest BCUT2D eigenvalue weighted by molar-refractivity contribution is 0.584. The Bertz CT molecular complexity index is 679. The van der Waals surface area contributed by atoms with Crippen LogP contribution in [0.3, 0.4) is 0 Å². The van der Waals surface area contributed by atoms with Gasteiger partial charge in [-0.1, -0.05) is 11.6 Å². The van der Waals surface area contributed by atoms with Gasteiger partial charge in [0.05, 0.1) is 4.34 Å². The fourth-order valence-corrected chi connectivity index (χ4v) is 5.27. The van der Waals surface area contributed by atoms with Gasteiger partial charge in [-0.2, -0.15) is 0 Å². The molecule has 0 aliphatic carbocycles. The van der Waals surface area contributed by atoms with Gasteiger partial charge in [0.1, 0.15) is 4.21 Å². The summed E-state index contributed by atoms with van der Waals surface area (Å²) in [5.74, 6) is 0. The standard InChI is InChI=1S/C13H17ClN2O2S3/c1-15-8-6-11-3-5-13(20-11)21(17,18)16-9-7-10-2-4-12(14)19-10/h2-5,15-16H,6-9H2,1H3. The van der Waals surface area contributed by atoms with Crippen molar-refractivity contribution in [2.24, 2.45) is 0 Å². The van der Waals surface area contributed by atoms with Gasteiger partial charge in [0.2, 0.25) is 10.0 Å². The number of likely N-dealkylation sites (N-methyl/N-ethyl adjacent to an activating group) is 1. The zero-order chi connectivity index (χ0) is 15.3. The maximum absolute atomic E-state index is 12.2. The lowest BCUT2D eigenvalue weighted by Gasteiger charge is -2.03. The van der Waals surface area contributed by atoms with Crippen LogP contribution >= 0.6 is 34.3 Å². The molecular formula is C13H17ClN2O2S3. The molecule has 2 rings (SSSR count). The van der Waals surface area contributed by atoms with E-state index >= 15 is 0 Å². The van der Waals surface area contributed by atoms with Crippen LogP contribution in [0.4, 0.5) is 0 Å². The number of hydrogen-bond acceptors (Lipinski definition) is 5. The molecule has 21 heavy (non-hydrogen) atoms. The molecule has 0 aromatic carbocycles. The van der Waals surface area contributed by atoms with Crippen LogP contribution in [0.15, 0.2) is 28.5 Å². The van der Waals surface area contributed by atoms with Crippen LogP contribution in [0, 0.1) is 0 Å². The molecule has 0 fully saturated rings. The van der Waals surface area contributed by atoms with Crippen molar-refractivity contribution in [1.82, 2.24) is 10.0 Å². The Kier molecular flexibility index (Phi) is 6.21. The Morgan fingerprint density at radius 3 is 2.38 bits per heavy atom. The highest BCUT2D eigenvalue weighted by atomic mass is 35.5. The van der Waals surface area contributed by atoms with E-state index in [1.54, 1.807) is 6.07 Å². The van der Waals surface area contributed by atoms with E-state index in [2.05, 4.69) is 10.0 Å². The normalized spacial score (nSPS) is 11.9. The second-order valence-electron chi connectivity index (χ2n) is 4.43. The summed E-state index contributed by atoms with van der Waals surface area (Å²) in [6, 6.07) is 7.28. The summed E-state index contributed by atoms with van der Waals surface area (Å²) in [5, 5.41) is 3.05. The summed E-state index contributed by atoms with van der Waals surface area (Å²) in [6.07, 6.45) is 1.49. The second kappa shape index (κ2) is 7.71. The lowest BCUT2D eigenvalue weighted by Crippen LogP contribution is -2.25. The third-order valence-electron chi connectivity index (χ3n) is 2.82. The third-order valence-corrected chi connectivity index (χ3v) is 7.20. The van der Waals surface area contributed by atoms with Crippen LogP contribution in [0.5, 0.6) is 0 Å². The third kappa shape index (κ3) is 5.05. The van der Waals surface area contributed by atoms with Crippen molar-refractivity contribution in [2.45, 2.75) is 17.1 Å². The van der Waals surface area contributed by atoms with Gasteiger partial charge >= 0.3 is 0 Å². The molecule has 4 nitrogen and oxygen atoms in total.